The van der Waals surface area contributed by atoms with Crippen LogP contribution in [0.3, 0.4) is 0 Å². The molecule has 0 aromatic heterocycles. The summed E-state index contributed by atoms with van der Waals surface area (Å²) < 4.78 is 10.9. The van der Waals surface area contributed by atoms with Gasteiger partial charge in [0.25, 0.3) is 0 Å². The second-order valence-electron chi connectivity index (χ2n) is 6.17. The van der Waals surface area contributed by atoms with E-state index in [1.165, 1.54) is 0 Å². The van der Waals surface area contributed by atoms with Crippen molar-refractivity contribution >= 4 is 11.9 Å². The molecule has 26 heavy (non-hydrogen) atoms. The van der Waals surface area contributed by atoms with E-state index in [-0.39, 0.29) is 11.9 Å². The largest absolute Gasteiger partial charge is 0.493 e. The Labute approximate surface area is 155 Å². The average molecular weight is 362 g/mol. The molecule has 0 saturated carbocycles. The topological polar surface area (TPSA) is 75.2 Å². The fraction of sp³-hybridized carbons (Fsp3) is 0.579. The predicted molar refractivity (Wildman–Crippen MR) is 103 cm³/mol. The summed E-state index contributed by atoms with van der Waals surface area (Å²) in [6, 6.07) is 6.11. The van der Waals surface area contributed by atoms with E-state index in [4.69, 9.17) is 9.47 Å². The zero-order chi connectivity index (χ0) is 18.9. The molecule has 0 radical (unpaired) electrons. The first-order chi connectivity index (χ1) is 12.6. The third kappa shape index (κ3) is 5.28. The number of nitrogens with one attached hydrogen (secondary N) is 2. The molecule has 144 valence electrons. The van der Waals surface area contributed by atoms with Crippen LogP contribution in [0, 0.1) is 0 Å². The fourth-order valence-corrected chi connectivity index (χ4v) is 3.00. The first-order valence-electron chi connectivity index (χ1n) is 9.15. The van der Waals surface area contributed by atoms with E-state index in [1.54, 1.807) is 14.2 Å². The van der Waals surface area contributed by atoms with Crippen LogP contribution < -0.4 is 20.1 Å². The van der Waals surface area contributed by atoms with E-state index in [0.717, 1.165) is 42.5 Å². The molecule has 1 aromatic rings. The number of benzene rings is 1. The number of nitrogens with zero attached hydrogens (tertiary/aromatic N) is 2. The highest BCUT2D eigenvalue weighted by molar-refractivity contribution is 5.80. The summed E-state index contributed by atoms with van der Waals surface area (Å²) in [6.45, 7) is 6.59. The molecule has 1 fully saturated rings. The number of likely N-dealkylation sites (tertiary alicyclic amines) is 1. The van der Waals surface area contributed by atoms with Gasteiger partial charge in [-0.15, -0.1) is 0 Å². The molecule has 0 aliphatic carbocycles. The highest BCUT2D eigenvalue weighted by atomic mass is 16.5. The molecule has 1 aromatic carbocycles. The Bertz CT molecular complexity index is 633. The highest BCUT2D eigenvalue weighted by Crippen LogP contribution is 2.27. The molecule has 1 saturated heterocycles. The van der Waals surface area contributed by atoms with Crippen LogP contribution in [0.4, 0.5) is 0 Å². The number of hydrogen-bond acceptors (Lipinski definition) is 4. The van der Waals surface area contributed by atoms with Crippen molar-refractivity contribution in [3.8, 4) is 11.5 Å². The Balaban J connectivity index is 1.88. The number of hydrogen-bond donors (Lipinski definition) is 2. The number of aliphatic imine (C=N–C) groups is 1. The zero-order valence-electron chi connectivity index (χ0n) is 16.2. The summed E-state index contributed by atoms with van der Waals surface area (Å²) in [5.41, 5.74) is 1.07. The Morgan fingerprint density at radius 1 is 1.35 bits per heavy atom. The molecule has 1 unspecified atom stereocenters. The average Bonchev–Trinajstić information content (AvgIpc) is 3.14. The van der Waals surface area contributed by atoms with Gasteiger partial charge in [0.15, 0.2) is 17.5 Å². The fourth-order valence-electron chi connectivity index (χ4n) is 3.00. The lowest BCUT2D eigenvalue weighted by Gasteiger charge is -2.19. The van der Waals surface area contributed by atoms with Crippen LogP contribution in [0.25, 0.3) is 0 Å². The van der Waals surface area contributed by atoms with Gasteiger partial charge in [0, 0.05) is 39.1 Å². The molecule has 1 amide bonds. The number of rotatable bonds is 7. The molecule has 7 nitrogen and oxygen atoms in total. The zero-order valence-corrected chi connectivity index (χ0v) is 16.2. The van der Waals surface area contributed by atoms with Crippen LogP contribution in [0.2, 0.25) is 0 Å². The first-order valence-corrected chi connectivity index (χ1v) is 9.15. The summed E-state index contributed by atoms with van der Waals surface area (Å²) in [4.78, 5) is 18.0. The number of amides is 1. The quantitative estimate of drug-likeness (QED) is 0.571. The lowest BCUT2D eigenvalue weighted by atomic mass is 10.2. The molecule has 1 heterocycles. The maximum absolute atomic E-state index is 11.8. The van der Waals surface area contributed by atoms with Crippen molar-refractivity contribution < 1.29 is 14.3 Å². The normalized spacial score (nSPS) is 17.2. The second kappa shape index (κ2) is 9.89. The van der Waals surface area contributed by atoms with Crippen LogP contribution in [0.1, 0.15) is 32.3 Å². The van der Waals surface area contributed by atoms with Gasteiger partial charge in [-0.2, -0.15) is 0 Å². The number of methoxy groups -OCH3 is 1. The van der Waals surface area contributed by atoms with Crippen LogP contribution in [0.15, 0.2) is 23.2 Å². The SMILES string of the molecule is CCOc1ccc(CNC(=NC)NC2CCN(C(=O)CC)C2)cc1OC. The standard InChI is InChI=1S/C19H30N4O3/c1-5-18(24)23-10-9-15(13-23)22-19(20-3)21-12-14-7-8-16(26-6-2)17(11-14)25-4/h7-8,11,15H,5-6,9-10,12-13H2,1-4H3,(H2,20,21,22). The van der Waals surface area contributed by atoms with Crippen molar-refractivity contribution in [2.45, 2.75) is 39.3 Å². The molecule has 1 aliphatic rings. The predicted octanol–water partition coefficient (Wildman–Crippen LogP) is 1.77. The van der Waals surface area contributed by atoms with Gasteiger partial charge in [0.05, 0.1) is 13.7 Å². The summed E-state index contributed by atoms with van der Waals surface area (Å²) in [5.74, 6) is 2.40. The van der Waals surface area contributed by atoms with Gasteiger partial charge in [0.2, 0.25) is 5.91 Å². The molecule has 1 aliphatic heterocycles. The van der Waals surface area contributed by atoms with Gasteiger partial charge in [-0.1, -0.05) is 13.0 Å². The minimum absolute atomic E-state index is 0.207. The van der Waals surface area contributed by atoms with Crippen molar-refractivity contribution in [3.63, 3.8) is 0 Å². The minimum atomic E-state index is 0.207. The van der Waals surface area contributed by atoms with Crippen LogP contribution in [0.5, 0.6) is 11.5 Å². The molecule has 7 heteroatoms. The minimum Gasteiger partial charge on any atom is -0.493 e. The Kier molecular flexibility index (Phi) is 7.56. The highest BCUT2D eigenvalue weighted by Gasteiger charge is 2.25. The summed E-state index contributed by atoms with van der Waals surface area (Å²) in [6.07, 6.45) is 1.49. The lowest BCUT2D eigenvalue weighted by molar-refractivity contribution is -0.129. The van der Waals surface area contributed by atoms with Gasteiger partial charge in [-0.05, 0) is 31.0 Å². The molecule has 1 atom stereocenters. The third-order valence-corrected chi connectivity index (χ3v) is 4.40. The van der Waals surface area contributed by atoms with Crippen molar-refractivity contribution in [1.82, 2.24) is 15.5 Å². The van der Waals surface area contributed by atoms with Crippen molar-refractivity contribution in [3.05, 3.63) is 23.8 Å². The Hall–Kier alpha value is -2.44. The van der Waals surface area contributed by atoms with Crippen molar-refractivity contribution in [1.29, 1.82) is 0 Å². The van der Waals surface area contributed by atoms with Gasteiger partial charge >= 0.3 is 0 Å². The number of carbonyl (C=O) groups is 1. The van der Waals surface area contributed by atoms with E-state index in [2.05, 4.69) is 15.6 Å². The molecule has 0 spiro atoms. The van der Waals surface area contributed by atoms with E-state index in [0.29, 0.717) is 19.6 Å². The number of guanidine groups is 1. The van der Waals surface area contributed by atoms with Crippen molar-refractivity contribution in [2.24, 2.45) is 4.99 Å². The van der Waals surface area contributed by atoms with Gasteiger partial charge < -0.3 is 25.0 Å². The van der Waals surface area contributed by atoms with E-state index < -0.39 is 0 Å². The smallest absolute Gasteiger partial charge is 0.222 e. The molecule has 0 bridgehead atoms. The summed E-state index contributed by atoms with van der Waals surface area (Å²) in [7, 11) is 3.39. The number of ether oxygens (including phenoxy) is 2. The Morgan fingerprint density at radius 3 is 2.81 bits per heavy atom. The molecular weight excluding hydrogens is 332 g/mol. The molecular formula is C19H30N4O3. The summed E-state index contributed by atoms with van der Waals surface area (Å²) in [5, 5.41) is 6.71. The van der Waals surface area contributed by atoms with Gasteiger partial charge in [0.1, 0.15) is 0 Å². The monoisotopic (exact) mass is 362 g/mol. The van der Waals surface area contributed by atoms with Crippen LogP contribution in [-0.4, -0.2) is 56.7 Å². The van der Waals surface area contributed by atoms with E-state index >= 15 is 0 Å². The third-order valence-electron chi connectivity index (χ3n) is 4.40. The molecule has 2 N–H and O–H groups in total. The van der Waals surface area contributed by atoms with Crippen LogP contribution >= 0.6 is 0 Å². The van der Waals surface area contributed by atoms with E-state index in [1.807, 2.05) is 36.9 Å². The Morgan fingerprint density at radius 2 is 2.15 bits per heavy atom. The van der Waals surface area contributed by atoms with Gasteiger partial charge in [-0.3, -0.25) is 9.79 Å². The maximum Gasteiger partial charge on any atom is 0.222 e. The van der Waals surface area contributed by atoms with Crippen molar-refractivity contribution in [2.75, 3.05) is 33.9 Å². The van der Waals surface area contributed by atoms with Crippen LogP contribution in [-0.2, 0) is 11.3 Å². The first kappa shape index (κ1) is 19.9. The lowest BCUT2D eigenvalue weighted by Crippen LogP contribution is -2.44. The van der Waals surface area contributed by atoms with E-state index in [9.17, 15) is 4.79 Å². The summed E-state index contributed by atoms with van der Waals surface area (Å²) >= 11 is 0. The molecule has 2 rings (SSSR count). The maximum atomic E-state index is 11.8. The van der Waals surface area contributed by atoms with Gasteiger partial charge in [-0.25, -0.2) is 0 Å². The second-order valence-corrected chi connectivity index (χ2v) is 6.17. The number of carbonyl (C=O) groups excluding carboxylic acids is 1.